The largest absolute Gasteiger partial charge is 0.0871 e. The molecule has 0 saturated heterocycles. The van der Waals surface area contributed by atoms with Crippen molar-refractivity contribution in [3.63, 3.8) is 0 Å². The van der Waals surface area contributed by atoms with Gasteiger partial charge in [0.1, 0.15) is 0 Å². The fraction of sp³-hybridized carbons (Fsp3) is 0.0870. The van der Waals surface area contributed by atoms with Gasteiger partial charge in [-0.25, -0.2) is 0 Å². The van der Waals surface area contributed by atoms with E-state index in [-0.39, 0.29) is 0 Å². The molecule has 0 aliphatic rings. The highest BCUT2D eigenvalue weighted by Gasteiger charge is 2.21. The Kier molecular flexibility index (Phi) is 6.80. The highest BCUT2D eigenvalue weighted by atomic mass is 14.2. The van der Waals surface area contributed by atoms with Crippen LogP contribution in [0.1, 0.15) is 49.9 Å². The molecule has 0 amide bonds. The van der Waals surface area contributed by atoms with Gasteiger partial charge in [0.05, 0.1) is 0 Å². The second-order valence-electron chi connectivity index (χ2n) is 12.3. The van der Waals surface area contributed by atoms with E-state index in [1.165, 1.54) is 98.0 Å². The molecule has 0 radical (unpaired) electrons. The summed E-state index contributed by atoms with van der Waals surface area (Å²) in [5, 5.41) is 15.7. The predicted molar refractivity (Wildman–Crippen MR) is 207 cm³/mol. The van der Waals surface area contributed by atoms with Crippen molar-refractivity contribution < 1.29 is 0 Å². The van der Waals surface area contributed by atoms with E-state index in [4.69, 9.17) is 0 Å². The first-order valence-corrected chi connectivity index (χ1v) is 16.3. The van der Waals surface area contributed by atoms with E-state index in [2.05, 4.69) is 173 Å². The molecule has 0 aliphatic heterocycles. The molecule has 0 bridgehead atoms. The van der Waals surface area contributed by atoms with Crippen LogP contribution in [0.5, 0.6) is 0 Å². The number of rotatable bonds is 5. The van der Waals surface area contributed by atoms with Crippen molar-refractivity contribution in [2.24, 2.45) is 0 Å². The van der Waals surface area contributed by atoms with Crippen molar-refractivity contribution >= 4 is 88.9 Å². The first kappa shape index (κ1) is 28.0. The van der Waals surface area contributed by atoms with E-state index < -0.39 is 0 Å². The zero-order valence-corrected chi connectivity index (χ0v) is 26.9. The fourth-order valence-electron chi connectivity index (χ4n) is 7.78. The van der Waals surface area contributed by atoms with Gasteiger partial charge in [0.25, 0.3) is 0 Å². The lowest BCUT2D eigenvalue weighted by atomic mass is 9.81. The molecule has 0 N–H and O–H groups in total. The van der Waals surface area contributed by atoms with Gasteiger partial charge in [0.2, 0.25) is 0 Å². The maximum Gasteiger partial charge on any atom is -0.00134 e. The molecule has 0 nitrogen and oxygen atoms in total. The normalized spacial score (nSPS) is 12.9. The van der Waals surface area contributed by atoms with Gasteiger partial charge < -0.3 is 0 Å². The number of hydrogen-bond donors (Lipinski definition) is 0. The molecule has 220 valence electrons. The Hall–Kier alpha value is -5.46. The maximum atomic E-state index is 2.41. The number of hydrogen-bond acceptors (Lipinski definition) is 0. The monoisotopic (exact) mass is 588 g/mol. The lowest BCUT2D eigenvalue weighted by Gasteiger charge is -2.21. The number of allylic oxidation sites excluding steroid dienone is 4. The van der Waals surface area contributed by atoms with Crippen LogP contribution in [0.2, 0.25) is 0 Å². The highest BCUT2D eigenvalue weighted by Crippen LogP contribution is 2.49. The summed E-state index contributed by atoms with van der Waals surface area (Å²) in [6, 6.07) is 37.1. The molecule has 0 heteroatoms. The average molecular weight is 589 g/mol. The fourth-order valence-corrected chi connectivity index (χ4v) is 7.78. The van der Waals surface area contributed by atoms with Gasteiger partial charge in [-0.15, -0.1) is 0 Å². The summed E-state index contributed by atoms with van der Waals surface area (Å²) in [6.07, 6.45) is 17.4. The minimum absolute atomic E-state index is 1.22. The molecular formula is C46H36. The lowest BCUT2D eigenvalue weighted by Crippen LogP contribution is -1.94. The summed E-state index contributed by atoms with van der Waals surface area (Å²) in [6.45, 7) is 8.37. The maximum absolute atomic E-state index is 2.41. The molecule has 8 rings (SSSR count). The van der Waals surface area contributed by atoms with Crippen LogP contribution in [0.25, 0.3) is 100 Å². The molecule has 0 heterocycles. The van der Waals surface area contributed by atoms with Crippen LogP contribution in [0.3, 0.4) is 0 Å². The van der Waals surface area contributed by atoms with Crippen molar-refractivity contribution in [1.29, 1.82) is 0 Å². The zero-order valence-electron chi connectivity index (χ0n) is 26.9. The molecule has 0 spiro atoms. The molecule has 0 fully saturated rings. The van der Waals surface area contributed by atoms with Crippen LogP contribution in [-0.2, 0) is 0 Å². The van der Waals surface area contributed by atoms with Crippen LogP contribution in [0.15, 0.2) is 121 Å². The van der Waals surface area contributed by atoms with Crippen molar-refractivity contribution in [2.75, 3.05) is 0 Å². The zero-order chi connectivity index (χ0) is 31.4. The molecule has 0 aliphatic carbocycles. The minimum Gasteiger partial charge on any atom is -0.0871 e. The van der Waals surface area contributed by atoms with Crippen LogP contribution >= 0.6 is 0 Å². The Bertz CT molecular complexity index is 2590. The summed E-state index contributed by atoms with van der Waals surface area (Å²) in [4.78, 5) is 0. The minimum atomic E-state index is 1.22. The Morgan fingerprint density at radius 3 is 1.59 bits per heavy atom. The van der Waals surface area contributed by atoms with Crippen LogP contribution in [0, 0.1) is 0 Å². The lowest BCUT2D eigenvalue weighted by molar-refractivity contribution is 1.65. The van der Waals surface area contributed by atoms with Gasteiger partial charge in [-0.05, 0) is 168 Å². The van der Waals surface area contributed by atoms with Crippen molar-refractivity contribution in [2.45, 2.75) is 27.7 Å². The van der Waals surface area contributed by atoms with Gasteiger partial charge in [0, 0.05) is 0 Å². The topological polar surface area (TPSA) is 0 Å². The average Bonchev–Trinajstić information content (AvgIpc) is 3.06. The Morgan fingerprint density at radius 1 is 0.348 bits per heavy atom. The van der Waals surface area contributed by atoms with E-state index in [9.17, 15) is 0 Å². The first-order valence-electron chi connectivity index (χ1n) is 16.3. The van der Waals surface area contributed by atoms with Crippen molar-refractivity contribution in [1.82, 2.24) is 0 Å². The molecule has 0 unspecified atom stereocenters. The van der Waals surface area contributed by atoms with Gasteiger partial charge >= 0.3 is 0 Å². The second-order valence-corrected chi connectivity index (χ2v) is 12.3. The molecule has 8 aromatic carbocycles. The smallest absolute Gasteiger partial charge is 0.00134 e. The summed E-state index contributed by atoms with van der Waals surface area (Å²) in [7, 11) is 0. The van der Waals surface area contributed by atoms with Gasteiger partial charge in [-0.1, -0.05) is 103 Å². The first-order chi connectivity index (χ1) is 22.6. The SMILES string of the molecule is CC=Cc1ccc2c(-c3c4ccccc4c4c5cc(C=CC)cc6cc(C=CC)cc(c7cccc3c74)c65)cc(C=CC)cc2c1. The highest BCUT2D eigenvalue weighted by molar-refractivity contribution is 6.41. The number of benzene rings is 8. The third kappa shape index (κ3) is 4.29. The van der Waals surface area contributed by atoms with E-state index in [1.807, 2.05) is 0 Å². The number of fused-ring (bicyclic) bond motifs is 5. The molecule has 0 saturated carbocycles. The van der Waals surface area contributed by atoms with Crippen LogP contribution < -0.4 is 0 Å². The quantitative estimate of drug-likeness (QED) is 0.139. The van der Waals surface area contributed by atoms with Gasteiger partial charge in [0.15, 0.2) is 0 Å². The van der Waals surface area contributed by atoms with Crippen LogP contribution in [0.4, 0.5) is 0 Å². The molecule has 46 heavy (non-hydrogen) atoms. The summed E-state index contributed by atoms with van der Waals surface area (Å²) in [5.41, 5.74) is 7.49. The molecule has 8 aromatic rings. The molecule has 0 atom stereocenters. The third-order valence-electron chi connectivity index (χ3n) is 9.41. The summed E-state index contributed by atoms with van der Waals surface area (Å²) < 4.78 is 0. The molecule has 0 aromatic heterocycles. The Morgan fingerprint density at radius 2 is 0.870 bits per heavy atom. The van der Waals surface area contributed by atoms with E-state index >= 15 is 0 Å². The molecular weight excluding hydrogens is 553 g/mol. The predicted octanol–water partition coefficient (Wildman–Crippen LogP) is 13.8. The van der Waals surface area contributed by atoms with E-state index in [0.29, 0.717) is 0 Å². The Balaban J connectivity index is 1.64. The van der Waals surface area contributed by atoms with Gasteiger partial charge in [-0.3, -0.25) is 0 Å². The van der Waals surface area contributed by atoms with Crippen LogP contribution in [-0.4, -0.2) is 0 Å². The van der Waals surface area contributed by atoms with Crippen molar-refractivity contribution in [3.05, 3.63) is 144 Å². The van der Waals surface area contributed by atoms with E-state index in [0.717, 1.165) is 0 Å². The Labute approximate surface area is 270 Å². The second kappa shape index (κ2) is 11.2. The van der Waals surface area contributed by atoms with E-state index in [1.54, 1.807) is 0 Å². The summed E-state index contributed by atoms with van der Waals surface area (Å²) in [5.74, 6) is 0. The summed E-state index contributed by atoms with van der Waals surface area (Å²) >= 11 is 0. The van der Waals surface area contributed by atoms with Gasteiger partial charge in [-0.2, -0.15) is 0 Å². The standard InChI is InChI=1S/C46H36/c1-5-12-29-20-21-35-33(22-29)23-30(13-6-2)26-40(35)44-36-16-9-10-17-37(36)46-42-28-32(15-8-4)25-34-24-31(14-7-3)27-41(43(34)42)38-18-11-19-39(44)45(38)46/h5-28H,1-4H3. The third-order valence-corrected chi connectivity index (χ3v) is 9.41. The van der Waals surface area contributed by atoms with Crippen molar-refractivity contribution in [3.8, 4) is 11.1 Å².